The molecule has 0 saturated heterocycles. The number of hydrogen-bond acceptors (Lipinski definition) is 6. The second-order valence-corrected chi connectivity index (χ2v) is 10.3. The van der Waals surface area contributed by atoms with Crippen LogP contribution in [0.5, 0.6) is 11.5 Å². The number of halogens is 3. The van der Waals surface area contributed by atoms with E-state index in [0.717, 1.165) is 17.7 Å². The molecule has 0 aliphatic carbocycles. The van der Waals surface area contributed by atoms with Gasteiger partial charge in [-0.25, -0.2) is 4.79 Å². The first kappa shape index (κ1) is 25.1. The lowest BCUT2D eigenvalue weighted by Crippen LogP contribution is -2.43. The topological polar surface area (TPSA) is 80.0 Å². The van der Waals surface area contributed by atoms with Crippen molar-refractivity contribution >= 4 is 23.4 Å². The van der Waals surface area contributed by atoms with Crippen LogP contribution in [0.4, 0.5) is 18.9 Å². The number of anilines is 1. The summed E-state index contributed by atoms with van der Waals surface area (Å²) in [5.74, 6) is -1.11. The fourth-order valence-corrected chi connectivity index (χ4v) is 6.06. The fourth-order valence-electron chi connectivity index (χ4n) is 5.17. The van der Waals surface area contributed by atoms with Gasteiger partial charge in [0.1, 0.15) is 22.0 Å². The van der Waals surface area contributed by atoms with Crippen LogP contribution in [-0.2, 0) is 6.18 Å². The van der Waals surface area contributed by atoms with Crippen LogP contribution in [0.3, 0.4) is 0 Å². The third-order valence-corrected chi connectivity index (χ3v) is 7.91. The number of alkyl halides is 3. The number of ether oxygens (including phenoxy) is 1. The van der Waals surface area contributed by atoms with Gasteiger partial charge in [0.25, 0.3) is 5.91 Å². The van der Waals surface area contributed by atoms with E-state index in [-0.39, 0.29) is 27.7 Å². The van der Waals surface area contributed by atoms with Gasteiger partial charge in [-0.05, 0) is 42.8 Å². The van der Waals surface area contributed by atoms with Crippen molar-refractivity contribution in [3.63, 3.8) is 0 Å². The van der Waals surface area contributed by atoms with Crippen LogP contribution >= 0.6 is 11.8 Å². The largest absolute Gasteiger partial charge is 0.506 e. The summed E-state index contributed by atoms with van der Waals surface area (Å²) >= 11 is 0.613. The molecule has 10 heteroatoms. The molecule has 3 heterocycles. The molecule has 0 spiro atoms. The Kier molecular flexibility index (Phi) is 6.14. The SMILES string of the molecule is O=C1c2c(oc(=O)c(Sc3cccc(C(F)(F)F)c3)c2O)C2CCOc3ccccc3C2N1c1ccccc1. The van der Waals surface area contributed by atoms with E-state index < -0.39 is 41.0 Å². The van der Waals surface area contributed by atoms with Gasteiger partial charge in [-0.3, -0.25) is 9.69 Å². The van der Waals surface area contributed by atoms with Crippen LogP contribution in [0.1, 0.15) is 45.6 Å². The van der Waals surface area contributed by atoms with Crippen molar-refractivity contribution in [1.29, 1.82) is 0 Å². The summed E-state index contributed by atoms with van der Waals surface area (Å²) in [6.07, 6.45) is -4.20. The van der Waals surface area contributed by atoms with Crippen LogP contribution < -0.4 is 15.3 Å². The van der Waals surface area contributed by atoms with Crippen LogP contribution in [0, 0.1) is 0 Å². The standard InChI is InChI=1S/C29H20F3NO5S/c30-29(31,32)16-7-6-10-18(15-16)39-26-24(34)22-25(38-28(26)36)20-13-14-37-21-12-5-4-11-19(21)23(20)33(27(22)35)17-8-2-1-3-9-17/h1-12,15,20,23,34H,13-14H2. The monoisotopic (exact) mass is 551 g/mol. The van der Waals surface area contributed by atoms with E-state index in [9.17, 15) is 27.9 Å². The Balaban J connectivity index is 1.53. The summed E-state index contributed by atoms with van der Waals surface area (Å²) in [7, 11) is 0. The van der Waals surface area contributed by atoms with E-state index in [1.165, 1.54) is 12.1 Å². The maximum atomic E-state index is 14.1. The number of amides is 1. The van der Waals surface area contributed by atoms with Crippen molar-refractivity contribution in [1.82, 2.24) is 0 Å². The van der Waals surface area contributed by atoms with E-state index in [2.05, 4.69) is 0 Å². The van der Waals surface area contributed by atoms with Crippen molar-refractivity contribution < 1.29 is 32.2 Å². The normalized spacial score (nSPS) is 18.4. The van der Waals surface area contributed by atoms with Gasteiger partial charge in [0.05, 0.1) is 18.2 Å². The van der Waals surface area contributed by atoms with Crippen LogP contribution in [-0.4, -0.2) is 17.6 Å². The number of rotatable bonds is 3. The van der Waals surface area contributed by atoms with Gasteiger partial charge >= 0.3 is 11.8 Å². The molecule has 2 atom stereocenters. The van der Waals surface area contributed by atoms with Gasteiger partial charge in [-0.1, -0.05) is 54.2 Å². The summed E-state index contributed by atoms with van der Waals surface area (Å²) in [4.78, 5) is 28.5. The number of benzene rings is 3. The minimum Gasteiger partial charge on any atom is -0.506 e. The zero-order chi connectivity index (χ0) is 27.3. The molecule has 4 aromatic rings. The van der Waals surface area contributed by atoms with Crippen molar-refractivity contribution in [2.45, 2.75) is 34.3 Å². The fraction of sp³-hybridized carbons (Fsp3) is 0.172. The molecule has 2 unspecified atom stereocenters. The Hall–Kier alpha value is -4.18. The lowest BCUT2D eigenvalue weighted by molar-refractivity contribution is -0.137. The molecule has 1 N–H and O–H groups in total. The van der Waals surface area contributed by atoms with E-state index >= 15 is 0 Å². The predicted molar refractivity (Wildman–Crippen MR) is 137 cm³/mol. The highest BCUT2D eigenvalue weighted by Gasteiger charge is 2.47. The van der Waals surface area contributed by atoms with Crippen LogP contribution in [0.25, 0.3) is 0 Å². The zero-order valence-corrected chi connectivity index (χ0v) is 21.0. The van der Waals surface area contributed by atoms with E-state index in [1.807, 2.05) is 30.3 Å². The van der Waals surface area contributed by atoms with Crippen LogP contribution in [0.15, 0.2) is 97.9 Å². The smallest absolute Gasteiger partial charge is 0.416 e. The number of carbonyl (C=O) groups excluding carboxylic acids is 1. The molecule has 3 aromatic carbocycles. The molecular weight excluding hydrogens is 531 g/mol. The Morgan fingerprint density at radius 1 is 0.949 bits per heavy atom. The van der Waals surface area contributed by atoms with Crippen molar-refractivity contribution in [3.8, 4) is 11.5 Å². The Bertz CT molecular complexity index is 1640. The lowest BCUT2D eigenvalue weighted by Gasteiger charge is -2.40. The molecular formula is C29H20F3NO5S. The average molecular weight is 552 g/mol. The maximum Gasteiger partial charge on any atom is 0.416 e. The molecule has 0 radical (unpaired) electrons. The maximum absolute atomic E-state index is 14.1. The Labute approximate surface area is 224 Å². The summed E-state index contributed by atoms with van der Waals surface area (Å²) in [5.41, 5.74) is -0.731. The highest BCUT2D eigenvalue weighted by molar-refractivity contribution is 7.99. The summed E-state index contributed by atoms with van der Waals surface area (Å²) in [5, 5.41) is 11.3. The highest BCUT2D eigenvalue weighted by atomic mass is 32.2. The number of aromatic hydroxyl groups is 1. The molecule has 0 fully saturated rings. The Morgan fingerprint density at radius 3 is 2.46 bits per heavy atom. The van der Waals surface area contributed by atoms with Gasteiger partial charge in [0.15, 0.2) is 5.75 Å². The van der Waals surface area contributed by atoms with E-state index in [0.29, 0.717) is 29.6 Å². The van der Waals surface area contributed by atoms with Gasteiger partial charge in [0.2, 0.25) is 0 Å². The van der Waals surface area contributed by atoms with Crippen LogP contribution in [0.2, 0.25) is 0 Å². The summed E-state index contributed by atoms with van der Waals surface area (Å²) in [6, 6.07) is 20.0. The summed E-state index contributed by atoms with van der Waals surface area (Å²) in [6.45, 7) is 0.277. The molecule has 198 valence electrons. The molecule has 1 amide bonds. The van der Waals surface area contributed by atoms with Crippen molar-refractivity contribution in [2.24, 2.45) is 0 Å². The van der Waals surface area contributed by atoms with Gasteiger partial charge in [-0.15, -0.1) is 0 Å². The number of fused-ring (bicyclic) bond motifs is 5. The van der Waals surface area contributed by atoms with Crippen molar-refractivity contribution in [3.05, 3.63) is 112 Å². The average Bonchev–Trinajstić information content (AvgIpc) is 3.11. The molecule has 6 nitrogen and oxygen atoms in total. The molecule has 0 bridgehead atoms. The molecule has 0 saturated carbocycles. The third-order valence-electron chi connectivity index (χ3n) is 6.85. The second-order valence-electron chi connectivity index (χ2n) is 9.17. The first-order valence-corrected chi connectivity index (χ1v) is 12.9. The minimum atomic E-state index is -4.59. The highest BCUT2D eigenvalue weighted by Crippen LogP contribution is 2.52. The molecule has 2 aliphatic heterocycles. The Morgan fingerprint density at radius 2 is 1.69 bits per heavy atom. The third kappa shape index (κ3) is 4.34. The number of nitrogens with zero attached hydrogens (tertiary/aromatic N) is 1. The lowest BCUT2D eigenvalue weighted by atomic mass is 9.81. The van der Waals surface area contributed by atoms with Gasteiger partial charge in [0, 0.05) is 22.1 Å². The van der Waals surface area contributed by atoms with Crippen molar-refractivity contribution in [2.75, 3.05) is 11.5 Å². The summed E-state index contributed by atoms with van der Waals surface area (Å²) < 4.78 is 51.4. The first-order chi connectivity index (χ1) is 18.7. The van der Waals surface area contributed by atoms with E-state index in [4.69, 9.17) is 9.15 Å². The van der Waals surface area contributed by atoms with Gasteiger partial charge in [-0.2, -0.15) is 13.2 Å². The number of para-hydroxylation sites is 2. The minimum absolute atomic E-state index is 0.0355. The second kappa shape index (κ2) is 9.53. The van der Waals surface area contributed by atoms with Gasteiger partial charge < -0.3 is 14.3 Å². The van der Waals surface area contributed by atoms with E-state index in [1.54, 1.807) is 29.2 Å². The molecule has 2 aliphatic rings. The first-order valence-electron chi connectivity index (χ1n) is 12.1. The molecule has 39 heavy (non-hydrogen) atoms. The zero-order valence-electron chi connectivity index (χ0n) is 20.1. The predicted octanol–water partition coefficient (Wildman–Crippen LogP) is 6.78. The molecule has 1 aromatic heterocycles. The molecule has 6 rings (SSSR count). The number of carbonyl (C=O) groups is 1. The quantitative estimate of drug-likeness (QED) is 0.302. The number of hydrogen-bond donors (Lipinski definition) is 1.